The Bertz CT molecular complexity index is 913. The molecule has 3 aromatic carbocycles. The number of hydrogen-bond donors (Lipinski definition) is 1. The summed E-state index contributed by atoms with van der Waals surface area (Å²) in [6, 6.07) is 26.9. The highest BCUT2D eigenvalue weighted by atomic mass is 16.5. The van der Waals surface area contributed by atoms with E-state index in [1.165, 1.54) is 0 Å². The molecule has 0 heterocycles. The van der Waals surface area contributed by atoms with Crippen LogP contribution in [0.1, 0.15) is 5.56 Å². The Labute approximate surface area is 152 Å². The predicted molar refractivity (Wildman–Crippen MR) is 102 cm³/mol. The second kappa shape index (κ2) is 8.50. The molecule has 3 rings (SSSR count). The molecule has 0 spiro atoms. The molecule has 128 valence electrons. The first-order valence-corrected chi connectivity index (χ1v) is 8.29. The van der Waals surface area contributed by atoms with E-state index in [1.807, 2.05) is 66.7 Å². The Morgan fingerprint density at radius 3 is 2.35 bits per heavy atom. The normalized spacial score (nSPS) is 9.96. The fourth-order valence-electron chi connectivity index (χ4n) is 2.59. The second-order valence-corrected chi connectivity index (χ2v) is 5.73. The van der Waals surface area contributed by atoms with Gasteiger partial charge in [-0.25, -0.2) is 0 Å². The van der Waals surface area contributed by atoms with Crippen molar-refractivity contribution in [1.29, 1.82) is 5.26 Å². The lowest BCUT2D eigenvalue weighted by molar-refractivity contribution is -0.118. The topological polar surface area (TPSA) is 62.1 Å². The number of anilines is 1. The smallest absolute Gasteiger partial charge is 0.262 e. The van der Waals surface area contributed by atoms with Gasteiger partial charge in [0.15, 0.2) is 6.61 Å². The van der Waals surface area contributed by atoms with Crippen LogP contribution >= 0.6 is 0 Å². The van der Waals surface area contributed by atoms with E-state index in [1.54, 1.807) is 12.1 Å². The molecule has 0 atom stereocenters. The maximum Gasteiger partial charge on any atom is 0.262 e. The summed E-state index contributed by atoms with van der Waals surface area (Å²) in [6.07, 6.45) is 0.355. The zero-order valence-corrected chi connectivity index (χ0v) is 14.2. The molecule has 0 saturated carbocycles. The molecule has 0 fully saturated rings. The molecular formula is C22H18N2O2. The van der Waals surface area contributed by atoms with Crippen LogP contribution in [0.3, 0.4) is 0 Å². The first-order valence-electron chi connectivity index (χ1n) is 8.29. The van der Waals surface area contributed by atoms with Crippen molar-refractivity contribution < 1.29 is 9.53 Å². The van der Waals surface area contributed by atoms with E-state index < -0.39 is 0 Å². The van der Waals surface area contributed by atoms with Gasteiger partial charge in [-0.1, -0.05) is 60.7 Å². The highest BCUT2D eigenvalue weighted by Crippen LogP contribution is 2.29. The molecule has 0 aliphatic carbocycles. The van der Waals surface area contributed by atoms with Crippen molar-refractivity contribution in [3.05, 3.63) is 84.4 Å². The van der Waals surface area contributed by atoms with E-state index in [0.29, 0.717) is 17.9 Å². The van der Waals surface area contributed by atoms with Crippen molar-refractivity contribution >= 4 is 11.6 Å². The van der Waals surface area contributed by atoms with Crippen LogP contribution in [0.4, 0.5) is 5.69 Å². The number of rotatable bonds is 6. The van der Waals surface area contributed by atoms with Crippen molar-refractivity contribution in [1.82, 2.24) is 0 Å². The van der Waals surface area contributed by atoms with Crippen LogP contribution in [0.15, 0.2) is 78.9 Å². The van der Waals surface area contributed by atoms with Crippen molar-refractivity contribution in [2.75, 3.05) is 11.9 Å². The van der Waals surface area contributed by atoms with Crippen molar-refractivity contribution in [3.8, 4) is 22.9 Å². The molecule has 26 heavy (non-hydrogen) atoms. The van der Waals surface area contributed by atoms with Crippen LogP contribution in [-0.4, -0.2) is 12.5 Å². The Kier molecular flexibility index (Phi) is 5.64. The SMILES string of the molecule is N#CCc1ccc(NC(=O)COc2ccccc2-c2ccccc2)cc1. The zero-order chi connectivity index (χ0) is 18.2. The molecule has 0 aliphatic heterocycles. The van der Waals surface area contributed by atoms with Crippen LogP contribution in [0.2, 0.25) is 0 Å². The van der Waals surface area contributed by atoms with Crippen molar-refractivity contribution in [2.24, 2.45) is 0 Å². The van der Waals surface area contributed by atoms with E-state index in [4.69, 9.17) is 10.00 Å². The molecule has 0 aromatic heterocycles. The molecule has 3 aromatic rings. The number of nitriles is 1. The van der Waals surface area contributed by atoms with Crippen LogP contribution < -0.4 is 10.1 Å². The average Bonchev–Trinajstić information content (AvgIpc) is 2.69. The minimum absolute atomic E-state index is 0.0796. The molecule has 1 N–H and O–H groups in total. The molecule has 1 amide bonds. The van der Waals surface area contributed by atoms with Gasteiger partial charge in [-0.15, -0.1) is 0 Å². The summed E-state index contributed by atoms with van der Waals surface area (Å²) in [5.41, 5.74) is 3.58. The third-order valence-electron chi connectivity index (χ3n) is 3.85. The molecule has 0 aliphatic rings. The van der Waals surface area contributed by atoms with Gasteiger partial charge in [-0.05, 0) is 29.3 Å². The lowest BCUT2D eigenvalue weighted by Crippen LogP contribution is -2.20. The van der Waals surface area contributed by atoms with Gasteiger partial charge < -0.3 is 10.1 Å². The fourth-order valence-corrected chi connectivity index (χ4v) is 2.59. The Morgan fingerprint density at radius 1 is 0.923 bits per heavy atom. The van der Waals surface area contributed by atoms with Gasteiger partial charge in [-0.2, -0.15) is 5.26 Å². The number of nitrogens with one attached hydrogen (secondary N) is 1. The van der Waals surface area contributed by atoms with E-state index in [-0.39, 0.29) is 12.5 Å². The zero-order valence-electron chi connectivity index (χ0n) is 14.2. The number of amides is 1. The molecule has 0 bridgehead atoms. The van der Waals surface area contributed by atoms with E-state index in [2.05, 4.69) is 11.4 Å². The largest absolute Gasteiger partial charge is 0.483 e. The number of nitrogens with zero attached hydrogens (tertiary/aromatic N) is 1. The van der Waals surface area contributed by atoms with E-state index in [9.17, 15) is 4.79 Å². The number of ether oxygens (including phenoxy) is 1. The predicted octanol–water partition coefficient (Wildman–Crippen LogP) is 4.44. The molecule has 4 heteroatoms. The Balaban J connectivity index is 1.62. The highest BCUT2D eigenvalue weighted by molar-refractivity contribution is 5.92. The van der Waals surface area contributed by atoms with Crippen molar-refractivity contribution in [3.63, 3.8) is 0 Å². The Morgan fingerprint density at radius 2 is 1.62 bits per heavy atom. The van der Waals surface area contributed by atoms with Gasteiger partial charge in [0.25, 0.3) is 5.91 Å². The number of benzene rings is 3. The summed E-state index contributed by atoms with van der Waals surface area (Å²) in [7, 11) is 0. The minimum atomic E-state index is -0.235. The lowest BCUT2D eigenvalue weighted by Gasteiger charge is -2.12. The summed E-state index contributed by atoms with van der Waals surface area (Å²) in [4.78, 5) is 12.2. The third kappa shape index (κ3) is 4.49. The van der Waals surface area contributed by atoms with E-state index in [0.717, 1.165) is 16.7 Å². The quantitative estimate of drug-likeness (QED) is 0.720. The maximum atomic E-state index is 12.2. The van der Waals surface area contributed by atoms with E-state index >= 15 is 0 Å². The maximum absolute atomic E-state index is 12.2. The fraction of sp³-hybridized carbons (Fsp3) is 0.0909. The lowest BCUT2D eigenvalue weighted by atomic mass is 10.1. The first-order chi connectivity index (χ1) is 12.8. The number of carbonyl (C=O) groups is 1. The number of hydrogen-bond acceptors (Lipinski definition) is 3. The number of para-hydroxylation sites is 1. The summed E-state index contributed by atoms with van der Waals surface area (Å²) >= 11 is 0. The van der Waals surface area contributed by atoms with Gasteiger partial charge in [0.05, 0.1) is 12.5 Å². The van der Waals surface area contributed by atoms with Crippen LogP contribution in [0, 0.1) is 11.3 Å². The van der Waals surface area contributed by atoms with Crippen molar-refractivity contribution in [2.45, 2.75) is 6.42 Å². The van der Waals surface area contributed by atoms with Gasteiger partial charge in [0.2, 0.25) is 0 Å². The van der Waals surface area contributed by atoms with Gasteiger partial charge in [0, 0.05) is 11.3 Å². The monoisotopic (exact) mass is 342 g/mol. The minimum Gasteiger partial charge on any atom is -0.483 e. The highest BCUT2D eigenvalue weighted by Gasteiger charge is 2.08. The van der Waals surface area contributed by atoms with Gasteiger partial charge >= 0.3 is 0 Å². The van der Waals surface area contributed by atoms with Gasteiger partial charge in [0.1, 0.15) is 5.75 Å². The standard InChI is InChI=1S/C22H18N2O2/c23-15-14-17-10-12-19(13-11-17)24-22(25)16-26-21-9-5-4-8-20(21)18-6-2-1-3-7-18/h1-13H,14,16H2,(H,24,25). The molecule has 0 saturated heterocycles. The van der Waals surface area contributed by atoms with Crippen LogP contribution in [0.5, 0.6) is 5.75 Å². The first kappa shape index (κ1) is 17.2. The second-order valence-electron chi connectivity index (χ2n) is 5.73. The summed E-state index contributed by atoms with van der Waals surface area (Å²) in [5.74, 6) is 0.430. The van der Waals surface area contributed by atoms with Crippen LogP contribution in [-0.2, 0) is 11.2 Å². The molecular weight excluding hydrogens is 324 g/mol. The van der Waals surface area contributed by atoms with Gasteiger partial charge in [-0.3, -0.25) is 4.79 Å². The molecule has 0 radical (unpaired) electrons. The summed E-state index contributed by atoms with van der Waals surface area (Å²) in [6.45, 7) is -0.0796. The Hall–Kier alpha value is -3.58. The molecule has 4 nitrogen and oxygen atoms in total. The average molecular weight is 342 g/mol. The number of carbonyl (C=O) groups excluding carboxylic acids is 1. The summed E-state index contributed by atoms with van der Waals surface area (Å²) < 4.78 is 5.73. The molecule has 0 unspecified atom stereocenters. The summed E-state index contributed by atoms with van der Waals surface area (Å²) in [5, 5.41) is 11.5. The third-order valence-corrected chi connectivity index (χ3v) is 3.85. The van der Waals surface area contributed by atoms with Crippen LogP contribution in [0.25, 0.3) is 11.1 Å².